The number of imidazole rings is 1. The lowest BCUT2D eigenvalue weighted by atomic mass is 10.1. The van der Waals surface area contributed by atoms with Crippen LogP contribution in [-0.2, 0) is 20.2 Å². The van der Waals surface area contributed by atoms with Crippen LogP contribution in [0.15, 0.2) is 59.5 Å². The highest BCUT2D eigenvalue weighted by Gasteiger charge is 2.13. The van der Waals surface area contributed by atoms with Crippen LogP contribution in [0.5, 0.6) is 11.5 Å². The molecule has 0 unspecified atom stereocenters. The fourth-order valence-electron chi connectivity index (χ4n) is 2.86. The molecule has 2 aromatic heterocycles. The van der Waals surface area contributed by atoms with Crippen LogP contribution in [0.3, 0.4) is 0 Å². The number of methoxy groups -OCH3 is 1. The van der Waals surface area contributed by atoms with Crippen LogP contribution in [-0.4, -0.2) is 27.6 Å². The molecule has 0 saturated heterocycles. The van der Waals surface area contributed by atoms with E-state index in [2.05, 4.69) is 15.3 Å². The average molecular weight is 392 g/mol. The Labute approximate surface area is 167 Å². The molecular weight excluding hydrogens is 372 g/mol. The minimum absolute atomic E-state index is 0.113. The number of hydrogen-bond acceptors (Lipinski definition) is 6. The zero-order valence-corrected chi connectivity index (χ0v) is 16.1. The van der Waals surface area contributed by atoms with E-state index >= 15 is 0 Å². The maximum atomic E-state index is 12.2. The molecule has 2 aromatic carbocycles. The van der Waals surface area contributed by atoms with E-state index in [0.717, 1.165) is 22.3 Å². The third-order valence-electron chi connectivity index (χ3n) is 4.49. The molecule has 0 aliphatic carbocycles. The molecule has 0 radical (unpaired) electrons. The van der Waals surface area contributed by atoms with Gasteiger partial charge in [0.2, 0.25) is 5.89 Å². The molecule has 0 fully saturated rings. The number of carbonyl (C=O) groups excluding carboxylic acids is 1. The second-order valence-corrected chi connectivity index (χ2v) is 6.43. The molecule has 0 atom stereocenters. The Kier molecular flexibility index (Phi) is 5.15. The maximum Gasteiger partial charge on any atom is 0.273 e. The van der Waals surface area contributed by atoms with Crippen LogP contribution in [0.2, 0.25) is 0 Å². The summed E-state index contributed by atoms with van der Waals surface area (Å²) in [5, 5.41) is 4.85. The summed E-state index contributed by atoms with van der Waals surface area (Å²) < 4.78 is 18.2. The van der Waals surface area contributed by atoms with E-state index in [9.17, 15) is 4.79 Å². The first-order chi connectivity index (χ1) is 14.1. The molecule has 1 N–H and O–H groups in total. The molecular formula is C21H20N4O4. The third kappa shape index (κ3) is 4.21. The van der Waals surface area contributed by atoms with Crippen molar-refractivity contribution in [1.29, 1.82) is 0 Å². The van der Waals surface area contributed by atoms with Gasteiger partial charge in [0.25, 0.3) is 5.91 Å². The fraction of sp³-hybridized carbons (Fsp3) is 0.190. The van der Waals surface area contributed by atoms with E-state index in [1.54, 1.807) is 13.3 Å². The normalized spacial score (nSPS) is 10.8. The zero-order chi connectivity index (χ0) is 20.2. The summed E-state index contributed by atoms with van der Waals surface area (Å²) >= 11 is 0. The number of aromatic nitrogens is 3. The number of rotatable bonds is 7. The van der Waals surface area contributed by atoms with E-state index in [-0.39, 0.29) is 18.2 Å². The lowest BCUT2D eigenvalue weighted by Gasteiger charge is -2.06. The van der Waals surface area contributed by atoms with Crippen molar-refractivity contribution >= 4 is 16.7 Å². The van der Waals surface area contributed by atoms with Gasteiger partial charge in [0.1, 0.15) is 23.6 Å². The minimum Gasteiger partial charge on any atom is -0.497 e. The number of oxazole rings is 1. The van der Waals surface area contributed by atoms with Gasteiger partial charge < -0.3 is 23.8 Å². The van der Waals surface area contributed by atoms with Gasteiger partial charge in [-0.2, -0.15) is 0 Å². The molecule has 4 rings (SSSR count). The van der Waals surface area contributed by atoms with Crippen LogP contribution in [0.1, 0.15) is 22.2 Å². The van der Waals surface area contributed by atoms with Crippen LogP contribution >= 0.6 is 0 Å². The fourth-order valence-corrected chi connectivity index (χ4v) is 2.86. The quantitative estimate of drug-likeness (QED) is 0.520. The predicted octanol–water partition coefficient (Wildman–Crippen LogP) is 3.08. The summed E-state index contributed by atoms with van der Waals surface area (Å²) in [6, 6.07) is 11.6. The van der Waals surface area contributed by atoms with Gasteiger partial charge in [-0.05, 0) is 35.0 Å². The molecule has 0 spiro atoms. The molecule has 0 saturated carbocycles. The first-order valence-electron chi connectivity index (χ1n) is 9.02. The molecule has 0 bridgehead atoms. The van der Waals surface area contributed by atoms with Gasteiger partial charge in [-0.25, -0.2) is 9.97 Å². The summed E-state index contributed by atoms with van der Waals surface area (Å²) in [5.41, 5.74) is 0.195. The van der Waals surface area contributed by atoms with Gasteiger partial charge in [-0.15, -0.1) is 0 Å². The van der Waals surface area contributed by atoms with Crippen molar-refractivity contribution in [3.63, 3.8) is 0 Å². The van der Waals surface area contributed by atoms with Gasteiger partial charge in [-0.1, -0.05) is 12.1 Å². The lowest BCUT2D eigenvalue weighted by Crippen LogP contribution is -2.24. The number of fused-ring (bicyclic) bond motifs is 1. The molecule has 8 heteroatoms. The number of nitrogens with zero attached hydrogens (tertiary/aromatic N) is 3. The summed E-state index contributed by atoms with van der Waals surface area (Å²) in [7, 11) is 3.50. The van der Waals surface area contributed by atoms with Crippen LogP contribution < -0.4 is 14.8 Å². The average Bonchev–Trinajstić information content (AvgIpc) is 3.39. The second-order valence-electron chi connectivity index (χ2n) is 6.43. The molecule has 0 aliphatic rings. The van der Waals surface area contributed by atoms with Crippen molar-refractivity contribution in [2.75, 3.05) is 7.11 Å². The molecule has 148 valence electrons. The van der Waals surface area contributed by atoms with Gasteiger partial charge >= 0.3 is 0 Å². The largest absolute Gasteiger partial charge is 0.497 e. The van der Waals surface area contributed by atoms with E-state index in [1.807, 2.05) is 54.2 Å². The number of hydrogen-bond donors (Lipinski definition) is 1. The van der Waals surface area contributed by atoms with Crippen molar-refractivity contribution in [1.82, 2.24) is 19.9 Å². The Hall–Kier alpha value is -3.81. The number of nitrogens with one attached hydrogen (secondary N) is 1. The Morgan fingerprint density at radius 2 is 1.97 bits per heavy atom. The van der Waals surface area contributed by atoms with E-state index in [0.29, 0.717) is 18.2 Å². The lowest BCUT2D eigenvalue weighted by molar-refractivity contribution is 0.0944. The van der Waals surface area contributed by atoms with Crippen molar-refractivity contribution in [3.05, 3.63) is 72.5 Å². The number of benzene rings is 2. The molecule has 29 heavy (non-hydrogen) atoms. The highest BCUT2D eigenvalue weighted by molar-refractivity contribution is 5.91. The Balaban J connectivity index is 1.37. The first-order valence-corrected chi connectivity index (χ1v) is 9.02. The van der Waals surface area contributed by atoms with Crippen LogP contribution in [0, 0.1) is 0 Å². The molecule has 2 heterocycles. The number of carbonyl (C=O) groups is 1. The van der Waals surface area contributed by atoms with E-state index < -0.39 is 0 Å². The molecule has 8 nitrogen and oxygen atoms in total. The predicted molar refractivity (Wildman–Crippen MR) is 106 cm³/mol. The van der Waals surface area contributed by atoms with Crippen molar-refractivity contribution < 1.29 is 18.7 Å². The Bertz CT molecular complexity index is 1150. The second kappa shape index (κ2) is 8.05. The number of aryl methyl sites for hydroxylation is 1. The third-order valence-corrected chi connectivity index (χ3v) is 4.49. The van der Waals surface area contributed by atoms with Crippen molar-refractivity contribution in [2.45, 2.75) is 13.2 Å². The Morgan fingerprint density at radius 3 is 2.72 bits per heavy atom. The topological polar surface area (TPSA) is 91.4 Å². The summed E-state index contributed by atoms with van der Waals surface area (Å²) in [6.45, 7) is 0.420. The van der Waals surface area contributed by atoms with Gasteiger partial charge in [0, 0.05) is 19.4 Å². The van der Waals surface area contributed by atoms with Gasteiger partial charge in [0.15, 0.2) is 12.3 Å². The molecule has 4 aromatic rings. The Morgan fingerprint density at radius 1 is 1.17 bits per heavy atom. The number of ether oxygens (including phenoxy) is 2. The van der Waals surface area contributed by atoms with Crippen molar-refractivity contribution in [3.8, 4) is 11.5 Å². The zero-order valence-electron chi connectivity index (χ0n) is 16.1. The first kappa shape index (κ1) is 18.5. The van der Waals surface area contributed by atoms with Gasteiger partial charge in [0.05, 0.1) is 13.7 Å². The SMILES string of the molecule is COc1ccc2ccc(OCc3nc(C(=O)NCc4nccn4C)co3)cc2c1. The van der Waals surface area contributed by atoms with Crippen LogP contribution in [0.25, 0.3) is 10.8 Å². The maximum absolute atomic E-state index is 12.2. The number of amides is 1. The van der Waals surface area contributed by atoms with Crippen molar-refractivity contribution in [2.24, 2.45) is 7.05 Å². The smallest absolute Gasteiger partial charge is 0.273 e. The monoisotopic (exact) mass is 392 g/mol. The summed E-state index contributed by atoms with van der Waals surface area (Å²) in [4.78, 5) is 20.6. The van der Waals surface area contributed by atoms with E-state index in [4.69, 9.17) is 13.9 Å². The molecule has 1 amide bonds. The summed E-state index contributed by atoms with van der Waals surface area (Å²) in [6.07, 6.45) is 4.81. The van der Waals surface area contributed by atoms with E-state index in [1.165, 1.54) is 6.26 Å². The van der Waals surface area contributed by atoms with Crippen LogP contribution in [0.4, 0.5) is 0 Å². The molecule has 0 aliphatic heterocycles. The van der Waals surface area contributed by atoms with Gasteiger partial charge in [-0.3, -0.25) is 4.79 Å². The highest BCUT2D eigenvalue weighted by Crippen LogP contribution is 2.25. The highest BCUT2D eigenvalue weighted by atomic mass is 16.5. The summed E-state index contributed by atoms with van der Waals surface area (Å²) in [5.74, 6) is 2.19. The minimum atomic E-state index is -0.333. The standard InChI is InChI=1S/C21H20N4O4/c1-25-8-7-22-19(25)11-23-21(26)18-12-29-20(24-18)13-28-17-6-4-14-3-5-16(27-2)9-15(14)10-17/h3-10,12H,11,13H2,1-2H3,(H,23,26).